The molecule has 0 radical (unpaired) electrons. The first-order valence-corrected chi connectivity index (χ1v) is 7.54. The van der Waals surface area contributed by atoms with Gasteiger partial charge in [-0.05, 0) is 17.7 Å². The lowest BCUT2D eigenvalue weighted by molar-refractivity contribution is 0.415. The van der Waals surface area contributed by atoms with Crippen LogP contribution in [0.2, 0.25) is 0 Å². The summed E-state index contributed by atoms with van der Waals surface area (Å²) >= 11 is 2.01. The van der Waals surface area contributed by atoms with Gasteiger partial charge in [-0.25, -0.2) is 0 Å². The molecule has 4 nitrogen and oxygen atoms in total. The molecule has 1 saturated heterocycles. The summed E-state index contributed by atoms with van der Waals surface area (Å²) in [4.78, 5) is 2.38. The molecule has 1 aliphatic heterocycles. The summed E-state index contributed by atoms with van der Waals surface area (Å²) in [5, 5.41) is 7.35. The predicted octanol–water partition coefficient (Wildman–Crippen LogP) is 2.64. The second-order valence-corrected chi connectivity index (χ2v) is 5.68. The number of hydrogen-bond donors (Lipinski definition) is 1. The fraction of sp³-hybridized carbons (Fsp3) is 0.357. The number of aromatic amines is 1. The molecule has 0 saturated carbocycles. The summed E-state index contributed by atoms with van der Waals surface area (Å²) in [5.74, 6) is 4.37. The van der Waals surface area contributed by atoms with Gasteiger partial charge in [0.15, 0.2) is 0 Å². The largest absolute Gasteiger partial charge is 0.497 e. The third-order valence-electron chi connectivity index (χ3n) is 3.35. The van der Waals surface area contributed by atoms with Gasteiger partial charge in [0.1, 0.15) is 11.6 Å². The van der Waals surface area contributed by atoms with Gasteiger partial charge in [-0.2, -0.15) is 16.9 Å². The third-order valence-corrected chi connectivity index (χ3v) is 4.29. The highest BCUT2D eigenvalue weighted by Crippen LogP contribution is 2.31. The molecule has 0 bridgehead atoms. The minimum Gasteiger partial charge on any atom is -0.497 e. The summed E-state index contributed by atoms with van der Waals surface area (Å²) in [5.41, 5.74) is 2.33. The molecule has 19 heavy (non-hydrogen) atoms. The lowest BCUT2D eigenvalue weighted by Crippen LogP contribution is -2.33. The van der Waals surface area contributed by atoms with E-state index in [1.807, 2.05) is 30.1 Å². The number of benzene rings is 1. The molecular weight excluding hydrogens is 258 g/mol. The number of aromatic nitrogens is 2. The number of nitrogens with zero attached hydrogens (tertiary/aromatic N) is 2. The molecule has 5 heteroatoms. The van der Waals surface area contributed by atoms with Crippen LogP contribution in [-0.4, -0.2) is 41.9 Å². The van der Waals surface area contributed by atoms with Crippen molar-refractivity contribution in [2.75, 3.05) is 36.6 Å². The van der Waals surface area contributed by atoms with Gasteiger partial charge < -0.3 is 9.64 Å². The second-order valence-electron chi connectivity index (χ2n) is 4.46. The number of nitrogens with one attached hydrogen (secondary N) is 1. The van der Waals surface area contributed by atoms with Crippen molar-refractivity contribution in [2.45, 2.75) is 0 Å². The van der Waals surface area contributed by atoms with E-state index in [9.17, 15) is 0 Å². The molecule has 1 aromatic carbocycles. The SMILES string of the molecule is COc1ccc(-c2cn[nH]c2N2CCSCC2)cc1. The Morgan fingerprint density at radius 1 is 1.21 bits per heavy atom. The van der Waals surface area contributed by atoms with E-state index in [2.05, 4.69) is 27.2 Å². The van der Waals surface area contributed by atoms with Crippen molar-refractivity contribution in [1.29, 1.82) is 0 Å². The Labute approximate surface area is 117 Å². The number of rotatable bonds is 3. The topological polar surface area (TPSA) is 41.1 Å². The average molecular weight is 275 g/mol. The molecule has 1 fully saturated rings. The monoisotopic (exact) mass is 275 g/mol. The molecule has 1 N–H and O–H groups in total. The van der Waals surface area contributed by atoms with Gasteiger partial charge >= 0.3 is 0 Å². The summed E-state index contributed by atoms with van der Waals surface area (Å²) in [7, 11) is 1.68. The Kier molecular flexibility index (Phi) is 3.64. The Bertz CT molecular complexity index is 532. The normalized spacial score (nSPS) is 15.5. The first kappa shape index (κ1) is 12.4. The Hall–Kier alpha value is -1.62. The number of thioether (sulfide) groups is 1. The zero-order chi connectivity index (χ0) is 13.1. The van der Waals surface area contributed by atoms with E-state index in [4.69, 9.17) is 4.74 Å². The van der Waals surface area contributed by atoms with E-state index in [-0.39, 0.29) is 0 Å². The Morgan fingerprint density at radius 3 is 2.63 bits per heavy atom. The van der Waals surface area contributed by atoms with Crippen LogP contribution < -0.4 is 9.64 Å². The van der Waals surface area contributed by atoms with Crippen molar-refractivity contribution in [3.8, 4) is 16.9 Å². The number of hydrogen-bond acceptors (Lipinski definition) is 4. The van der Waals surface area contributed by atoms with Crippen molar-refractivity contribution in [3.63, 3.8) is 0 Å². The Morgan fingerprint density at radius 2 is 1.95 bits per heavy atom. The molecule has 2 aromatic rings. The van der Waals surface area contributed by atoms with E-state index in [0.29, 0.717) is 0 Å². The van der Waals surface area contributed by atoms with Gasteiger partial charge in [-0.15, -0.1) is 0 Å². The van der Waals surface area contributed by atoms with Crippen LogP contribution in [-0.2, 0) is 0 Å². The molecule has 3 rings (SSSR count). The molecular formula is C14H17N3OS. The first-order valence-electron chi connectivity index (χ1n) is 6.39. The molecule has 0 amide bonds. The Balaban J connectivity index is 1.89. The van der Waals surface area contributed by atoms with Gasteiger partial charge in [0, 0.05) is 30.2 Å². The minimum atomic E-state index is 0.878. The van der Waals surface area contributed by atoms with E-state index in [1.54, 1.807) is 7.11 Å². The van der Waals surface area contributed by atoms with Gasteiger partial charge in [-0.1, -0.05) is 12.1 Å². The van der Waals surface area contributed by atoms with Crippen LogP contribution in [0.3, 0.4) is 0 Å². The molecule has 1 aliphatic rings. The van der Waals surface area contributed by atoms with Crippen LogP contribution in [0.1, 0.15) is 0 Å². The van der Waals surface area contributed by atoms with Gasteiger partial charge in [0.05, 0.1) is 13.3 Å². The zero-order valence-electron chi connectivity index (χ0n) is 10.9. The molecule has 1 aromatic heterocycles. The highest BCUT2D eigenvalue weighted by atomic mass is 32.2. The molecule has 100 valence electrons. The molecule has 0 unspecified atom stereocenters. The van der Waals surface area contributed by atoms with Crippen LogP contribution in [0.5, 0.6) is 5.75 Å². The summed E-state index contributed by atoms with van der Waals surface area (Å²) < 4.78 is 5.20. The van der Waals surface area contributed by atoms with Gasteiger partial charge in [0.25, 0.3) is 0 Å². The quantitative estimate of drug-likeness (QED) is 0.935. The van der Waals surface area contributed by atoms with E-state index in [1.165, 1.54) is 17.1 Å². The third kappa shape index (κ3) is 2.56. The predicted molar refractivity (Wildman–Crippen MR) is 80.1 cm³/mol. The highest BCUT2D eigenvalue weighted by molar-refractivity contribution is 7.99. The lowest BCUT2D eigenvalue weighted by atomic mass is 10.1. The maximum atomic E-state index is 5.20. The number of anilines is 1. The van der Waals surface area contributed by atoms with Crippen LogP contribution in [0.4, 0.5) is 5.82 Å². The summed E-state index contributed by atoms with van der Waals surface area (Å²) in [6.07, 6.45) is 1.90. The molecule has 0 atom stereocenters. The fourth-order valence-corrected chi connectivity index (χ4v) is 3.19. The van der Waals surface area contributed by atoms with Gasteiger partial charge in [-0.3, -0.25) is 5.10 Å². The number of H-pyrrole nitrogens is 1. The van der Waals surface area contributed by atoms with Crippen LogP contribution in [0, 0.1) is 0 Å². The van der Waals surface area contributed by atoms with Crippen molar-refractivity contribution in [2.24, 2.45) is 0 Å². The van der Waals surface area contributed by atoms with Crippen molar-refractivity contribution in [1.82, 2.24) is 10.2 Å². The second kappa shape index (κ2) is 5.57. The highest BCUT2D eigenvalue weighted by Gasteiger charge is 2.17. The zero-order valence-corrected chi connectivity index (χ0v) is 11.7. The fourth-order valence-electron chi connectivity index (χ4n) is 2.29. The van der Waals surface area contributed by atoms with Gasteiger partial charge in [0.2, 0.25) is 0 Å². The van der Waals surface area contributed by atoms with Crippen molar-refractivity contribution in [3.05, 3.63) is 30.5 Å². The van der Waals surface area contributed by atoms with E-state index >= 15 is 0 Å². The van der Waals surface area contributed by atoms with E-state index in [0.717, 1.165) is 30.2 Å². The molecule has 0 spiro atoms. The number of ether oxygens (including phenoxy) is 1. The number of methoxy groups -OCH3 is 1. The van der Waals surface area contributed by atoms with Crippen LogP contribution in [0.15, 0.2) is 30.5 Å². The minimum absolute atomic E-state index is 0.878. The smallest absolute Gasteiger partial charge is 0.132 e. The van der Waals surface area contributed by atoms with E-state index < -0.39 is 0 Å². The van der Waals surface area contributed by atoms with Crippen LogP contribution >= 0.6 is 11.8 Å². The lowest BCUT2D eigenvalue weighted by Gasteiger charge is -2.27. The summed E-state index contributed by atoms with van der Waals surface area (Å²) in [6, 6.07) is 8.12. The molecule has 2 heterocycles. The summed E-state index contributed by atoms with van der Waals surface area (Å²) in [6.45, 7) is 2.16. The maximum absolute atomic E-state index is 5.20. The van der Waals surface area contributed by atoms with Crippen LogP contribution in [0.25, 0.3) is 11.1 Å². The molecule has 0 aliphatic carbocycles. The van der Waals surface area contributed by atoms with Crippen molar-refractivity contribution < 1.29 is 4.74 Å². The average Bonchev–Trinajstić information content (AvgIpc) is 2.98. The first-order chi connectivity index (χ1) is 9.38. The van der Waals surface area contributed by atoms with Crippen molar-refractivity contribution >= 4 is 17.6 Å². The standard InChI is InChI=1S/C14H17N3OS/c1-18-12-4-2-11(3-5-12)13-10-15-16-14(13)17-6-8-19-9-7-17/h2-5,10H,6-9H2,1H3,(H,15,16). The maximum Gasteiger partial charge on any atom is 0.132 e.